The third-order valence-corrected chi connectivity index (χ3v) is 4.27. The highest BCUT2D eigenvalue weighted by Crippen LogP contribution is 2.31. The van der Waals surface area contributed by atoms with Gasteiger partial charge in [-0.1, -0.05) is 38.1 Å². The first-order valence-corrected chi connectivity index (χ1v) is 8.51. The molecule has 23 heavy (non-hydrogen) atoms. The Morgan fingerprint density at radius 3 is 2.57 bits per heavy atom. The van der Waals surface area contributed by atoms with Crippen molar-refractivity contribution in [2.24, 2.45) is 4.99 Å². The monoisotopic (exact) mass is 312 g/mol. The van der Waals surface area contributed by atoms with E-state index in [0.717, 1.165) is 43.9 Å². The van der Waals surface area contributed by atoms with Gasteiger partial charge in [0.2, 0.25) is 0 Å². The van der Waals surface area contributed by atoms with Crippen LogP contribution in [0.15, 0.2) is 41.4 Å². The number of rotatable bonds is 8. The smallest absolute Gasteiger partial charge is 0.121 e. The van der Waals surface area contributed by atoms with E-state index in [1.165, 1.54) is 16.5 Å². The molecule has 0 saturated heterocycles. The highest BCUT2D eigenvalue weighted by atomic mass is 16.5. The van der Waals surface area contributed by atoms with Crippen LogP contribution in [0.3, 0.4) is 0 Å². The number of hydrogen-bond acceptors (Lipinski definition) is 3. The number of fused-ring (bicyclic) bond motifs is 1. The average Bonchev–Trinajstić information content (AvgIpc) is 2.58. The fraction of sp³-hybridized carbons (Fsp3) is 0.450. The molecule has 124 valence electrons. The molecule has 0 spiro atoms. The quantitative estimate of drug-likeness (QED) is 0.636. The largest absolute Gasteiger partial charge is 0.497 e. The van der Waals surface area contributed by atoms with Crippen molar-refractivity contribution >= 4 is 22.2 Å². The van der Waals surface area contributed by atoms with Gasteiger partial charge < -0.3 is 9.64 Å². The topological polar surface area (TPSA) is 24.8 Å². The van der Waals surface area contributed by atoms with Crippen LogP contribution in [0.4, 0.5) is 5.69 Å². The number of benzene rings is 2. The molecule has 2 aromatic carbocycles. The van der Waals surface area contributed by atoms with E-state index in [9.17, 15) is 0 Å². The summed E-state index contributed by atoms with van der Waals surface area (Å²) in [6.45, 7) is 9.93. The molecule has 0 fully saturated rings. The molecule has 2 rings (SSSR count). The summed E-state index contributed by atoms with van der Waals surface area (Å²) in [5.74, 6) is 0.860. The minimum atomic E-state index is 0.860. The van der Waals surface area contributed by atoms with Gasteiger partial charge in [0, 0.05) is 17.2 Å². The molecule has 0 bridgehead atoms. The predicted molar refractivity (Wildman–Crippen MR) is 100 cm³/mol. The molecule has 0 heterocycles. The molecule has 0 aliphatic rings. The SMILES string of the molecule is CCN(CC)CCCC(C)=Nc1cc(OC)cc2ccccc12. The number of nitrogens with zero attached hydrogens (tertiary/aromatic N) is 2. The molecule has 0 radical (unpaired) electrons. The molecule has 0 unspecified atom stereocenters. The molecule has 0 aliphatic heterocycles. The van der Waals surface area contributed by atoms with Crippen LogP contribution in [0, 0.1) is 0 Å². The lowest BCUT2D eigenvalue weighted by Gasteiger charge is -2.17. The molecule has 0 amide bonds. The summed E-state index contributed by atoms with van der Waals surface area (Å²) in [5.41, 5.74) is 2.18. The summed E-state index contributed by atoms with van der Waals surface area (Å²) >= 11 is 0. The standard InChI is InChI=1S/C20H28N2O/c1-5-22(6-2)13-9-10-16(3)21-20-15-18(23-4)14-17-11-7-8-12-19(17)20/h7-8,11-12,14-15H,5-6,9-10,13H2,1-4H3. The zero-order chi connectivity index (χ0) is 16.7. The molecule has 3 heteroatoms. The second-order valence-electron chi connectivity index (χ2n) is 5.85. The van der Waals surface area contributed by atoms with E-state index in [1.807, 2.05) is 12.1 Å². The first-order chi connectivity index (χ1) is 11.2. The van der Waals surface area contributed by atoms with Crippen LogP contribution in [-0.2, 0) is 0 Å². The normalized spacial score (nSPS) is 12.1. The Labute approximate surface area is 140 Å². The van der Waals surface area contributed by atoms with E-state index in [4.69, 9.17) is 9.73 Å². The zero-order valence-electron chi connectivity index (χ0n) is 14.8. The predicted octanol–water partition coefficient (Wildman–Crippen LogP) is 5.06. The minimum absolute atomic E-state index is 0.860. The van der Waals surface area contributed by atoms with Gasteiger partial charge in [0.25, 0.3) is 0 Å². The van der Waals surface area contributed by atoms with E-state index in [0.29, 0.717) is 0 Å². The summed E-state index contributed by atoms with van der Waals surface area (Å²) in [6.07, 6.45) is 2.18. The van der Waals surface area contributed by atoms with E-state index >= 15 is 0 Å². The number of hydrogen-bond donors (Lipinski definition) is 0. The van der Waals surface area contributed by atoms with Gasteiger partial charge in [-0.15, -0.1) is 0 Å². The summed E-state index contributed by atoms with van der Waals surface area (Å²) in [7, 11) is 1.70. The Morgan fingerprint density at radius 1 is 1.13 bits per heavy atom. The maximum Gasteiger partial charge on any atom is 0.121 e. The van der Waals surface area contributed by atoms with Crippen molar-refractivity contribution < 1.29 is 4.74 Å². The molecular formula is C20H28N2O. The second kappa shape index (κ2) is 8.68. The van der Waals surface area contributed by atoms with Gasteiger partial charge in [0.05, 0.1) is 12.8 Å². The van der Waals surface area contributed by atoms with Crippen molar-refractivity contribution in [3.05, 3.63) is 36.4 Å². The van der Waals surface area contributed by atoms with Crippen molar-refractivity contribution in [2.45, 2.75) is 33.6 Å². The maximum absolute atomic E-state index is 5.41. The fourth-order valence-corrected chi connectivity index (χ4v) is 2.83. The molecule has 0 N–H and O–H groups in total. The van der Waals surface area contributed by atoms with Crippen LogP contribution in [0.5, 0.6) is 5.75 Å². The highest BCUT2D eigenvalue weighted by molar-refractivity contribution is 5.97. The van der Waals surface area contributed by atoms with E-state index in [2.05, 4.69) is 49.9 Å². The van der Waals surface area contributed by atoms with E-state index in [1.54, 1.807) is 7.11 Å². The Morgan fingerprint density at radius 2 is 1.87 bits per heavy atom. The Hall–Kier alpha value is -1.87. The molecule has 0 saturated carbocycles. The third-order valence-electron chi connectivity index (χ3n) is 4.27. The summed E-state index contributed by atoms with van der Waals surface area (Å²) in [5, 5.41) is 2.35. The average molecular weight is 312 g/mol. The van der Waals surface area contributed by atoms with Gasteiger partial charge >= 0.3 is 0 Å². The van der Waals surface area contributed by atoms with Crippen LogP contribution in [0.25, 0.3) is 10.8 Å². The minimum Gasteiger partial charge on any atom is -0.497 e. The van der Waals surface area contributed by atoms with Crippen LogP contribution in [-0.4, -0.2) is 37.4 Å². The van der Waals surface area contributed by atoms with Crippen molar-refractivity contribution in [3.63, 3.8) is 0 Å². The molecule has 2 aromatic rings. The third kappa shape index (κ3) is 4.80. The summed E-state index contributed by atoms with van der Waals surface area (Å²) in [6, 6.07) is 12.4. The van der Waals surface area contributed by atoms with Gasteiger partial charge in [-0.05, 0) is 50.9 Å². The van der Waals surface area contributed by atoms with Crippen LogP contribution >= 0.6 is 0 Å². The molecule has 0 aromatic heterocycles. The summed E-state index contributed by atoms with van der Waals surface area (Å²) in [4.78, 5) is 7.32. The van der Waals surface area contributed by atoms with E-state index < -0.39 is 0 Å². The van der Waals surface area contributed by atoms with Crippen molar-refractivity contribution in [1.29, 1.82) is 0 Å². The van der Waals surface area contributed by atoms with Gasteiger partial charge in [-0.25, -0.2) is 0 Å². The van der Waals surface area contributed by atoms with Gasteiger partial charge in [-0.2, -0.15) is 0 Å². The lowest BCUT2D eigenvalue weighted by atomic mass is 10.1. The van der Waals surface area contributed by atoms with Crippen molar-refractivity contribution in [2.75, 3.05) is 26.7 Å². The number of aliphatic imine (C=N–C) groups is 1. The van der Waals surface area contributed by atoms with Crippen molar-refractivity contribution in [1.82, 2.24) is 4.90 Å². The first-order valence-electron chi connectivity index (χ1n) is 8.51. The maximum atomic E-state index is 5.41. The zero-order valence-corrected chi connectivity index (χ0v) is 14.8. The highest BCUT2D eigenvalue weighted by Gasteiger charge is 2.05. The Kier molecular flexibility index (Phi) is 6.60. The Balaban J connectivity index is 2.15. The van der Waals surface area contributed by atoms with Crippen LogP contribution in [0.2, 0.25) is 0 Å². The lowest BCUT2D eigenvalue weighted by molar-refractivity contribution is 0.302. The fourth-order valence-electron chi connectivity index (χ4n) is 2.83. The molecular weight excluding hydrogens is 284 g/mol. The van der Waals surface area contributed by atoms with Gasteiger partial charge in [-0.3, -0.25) is 4.99 Å². The van der Waals surface area contributed by atoms with Gasteiger partial charge in [0.1, 0.15) is 5.75 Å². The Bertz CT molecular complexity index is 660. The lowest BCUT2D eigenvalue weighted by Crippen LogP contribution is -2.24. The van der Waals surface area contributed by atoms with Gasteiger partial charge in [0.15, 0.2) is 0 Å². The summed E-state index contributed by atoms with van der Waals surface area (Å²) < 4.78 is 5.41. The van der Waals surface area contributed by atoms with Crippen LogP contribution in [0.1, 0.15) is 33.6 Å². The molecule has 3 nitrogen and oxygen atoms in total. The van der Waals surface area contributed by atoms with E-state index in [-0.39, 0.29) is 0 Å². The van der Waals surface area contributed by atoms with Crippen LogP contribution < -0.4 is 4.74 Å². The first kappa shape index (κ1) is 17.5. The van der Waals surface area contributed by atoms with Crippen molar-refractivity contribution in [3.8, 4) is 5.75 Å². The molecule has 0 aliphatic carbocycles. The second-order valence-corrected chi connectivity index (χ2v) is 5.85. The molecule has 0 atom stereocenters. The number of methoxy groups -OCH3 is 1. The number of ether oxygens (including phenoxy) is 1.